The van der Waals surface area contributed by atoms with Gasteiger partial charge >= 0.3 is 23.9 Å². The van der Waals surface area contributed by atoms with Gasteiger partial charge in [-0.1, -0.05) is 193 Å². The molecule has 0 aromatic heterocycles. The van der Waals surface area contributed by atoms with E-state index in [4.69, 9.17) is 27.4 Å². The number of ketones is 4. The number of carboxylic acid groups (broad SMARTS) is 4. The summed E-state index contributed by atoms with van der Waals surface area (Å²) in [6, 6.07) is -2.77. The minimum absolute atomic E-state index is 0. The van der Waals surface area contributed by atoms with Crippen LogP contribution in [-0.4, -0.2) is 147 Å². The van der Waals surface area contributed by atoms with Gasteiger partial charge in [0.25, 0.3) is 0 Å². The molecule has 25 nitrogen and oxygen atoms in total. The zero-order chi connectivity index (χ0) is 79.7. The van der Waals surface area contributed by atoms with Crippen LogP contribution < -0.4 is 43.8 Å². The van der Waals surface area contributed by atoms with Crippen molar-refractivity contribution in [3.63, 3.8) is 0 Å². The van der Waals surface area contributed by atoms with E-state index in [0.29, 0.717) is 110 Å². The molecular formula is C82H154N8O17. The van der Waals surface area contributed by atoms with E-state index >= 15 is 0 Å². The van der Waals surface area contributed by atoms with Gasteiger partial charge in [-0.15, -0.1) is 0 Å². The SMILES string of the molecule is CC(=O)[C@H](CCCCNC(=O)[C@@H](N)CCCCNC(=O)CC[C@H](NC(=O)CCCCCCCCCCCCCCCCCCC(=O)O)C(=O)O)CC(=O)[C@H](CCCCNC(=O)[C@@H](N)CCCCNC(=O)CC[C@H](CC(=O)CCCCCCCCCCCCCCCCCCC(=O)O)C(=O)O)CC(=O)C(C)(C)N.[HH].[HH].[HH]. The van der Waals surface area contributed by atoms with E-state index in [2.05, 4.69) is 26.6 Å². The van der Waals surface area contributed by atoms with Gasteiger partial charge in [-0.2, -0.15) is 0 Å². The first-order valence-corrected chi connectivity index (χ1v) is 41.8. The maximum absolute atomic E-state index is 13.8. The fraction of sp³-hybridized carbons (Fsp3) is 0.841. The van der Waals surface area contributed by atoms with Gasteiger partial charge in [-0.3, -0.25) is 57.5 Å². The first-order valence-electron chi connectivity index (χ1n) is 41.8. The molecule has 0 aromatic rings. The molecule has 0 saturated carbocycles. The molecule has 0 heterocycles. The van der Waals surface area contributed by atoms with Crippen LogP contribution in [0.5, 0.6) is 0 Å². The zero-order valence-electron chi connectivity index (χ0n) is 66.5. The van der Waals surface area contributed by atoms with E-state index in [1.54, 1.807) is 13.8 Å². The lowest BCUT2D eigenvalue weighted by molar-refractivity contribution is -0.144. The van der Waals surface area contributed by atoms with E-state index in [1.807, 2.05) is 0 Å². The summed E-state index contributed by atoms with van der Waals surface area (Å²) in [5.41, 5.74) is 17.3. The highest BCUT2D eigenvalue weighted by Gasteiger charge is 2.31. The molecule has 0 rings (SSSR count). The molecular weight excluding hydrogens is 1370 g/mol. The number of nitrogens with one attached hydrogen (secondary N) is 5. The standard InChI is InChI=1S/C82H148N8O17.3H2/c1-63(91)64(44-36-40-58-88-78(102)68(83)48-39-43-57-87-74(96)55-53-70(81(106)107)90-75(97)49-33-29-25-21-17-13-9-5-7-11-15-19-23-27-31-35-51-77(100)101)61-71(93)65(62-72(94)82(2,3)85)45-37-41-59-89-79(103)69(84)47-38-42-56-86-73(95)54-52-66(80(104)105)60-67(92)46-32-28-24-20-16-12-8-4-6-10-14-18-22-26-30-34-50-76(98)99;;;/h64-66,68-70H,4-62,83-85H2,1-3H3,(H,86,95)(H,87,96)(H,88,102)(H,89,103)(H,90,97)(H,98,99)(H,100,101)(H,104,105)(H,106,107);3*1H/t64-,65-,66-,68+,69+,70+;;;/m1.../s1. The summed E-state index contributed by atoms with van der Waals surface area (Å²) >= 11 is 0. The minimum atomic E-state index is -1.20. The largest absolute Gasteiger partial charge is 0.481 e. The first kappa shape index (κ1) is 101. The van der Waals surface area contributed by atoms with Crippen molar-refractivity contribution in [2.45, 2.75) is 398 Å². The molecule has 0 fully saturated rings. The summed E-state index contributed by atoms with van der Waals surface area (Å²) in [7, 11) is 0. The molecule has 15 N–H and O–H groups in total. The molecule has 0 bridgehead atoms. The van der Waals surface area contributed by atoms with Gasteiger partial charge in [0.15, 0.2) is 5.78 Å². The monoisotopic (exact) mass is 1520 g/mol. The number of carbonyl (C=O) groups excluding carboxylic acids is 9. The Bertz CT molecular complexity index is 2510. The van der Waals surface area contributed by atoms with Crippen LogP contribution in [0, 0.1) is 17.8 Å². The van der Waals surface area contributed by atoms with Gasteiger partial charge in [0.05, 0.1) is 23.5 Å². The van der Waals surface area contributed by atoms with Crippen LogP contribution in [0.25, 0.3) is 0 Å². The lowest BCUT2D eigenvalue weighted by atomic mass is 9.82. The summed E-state index contributed by atoms with van der Waals surface area (Å²) in [4.78, 5) is 161. The number of rotatable bonds is 78. The Kier molecular flexibility index (Phi) is 62.9. The maximum Gasteiger partial charge on any atom is 0.326 e. The first-order chi connectivity index (χ1) is 51.1. The van der Waals surface area contributed by atoms with Gasteiger partial charge in [-0.05, 0) is 124 Å². The van der Waals surface area contributed by atoms with E-state index in [0.717, 1.165) is 89.9 Å². The second-order valence-corrected chi connectivity index (χ2v) is 30.9. The van der Waals surface area contributed by atoms with Gasteiger partial charge in [0.1, 0.15) is 23.4 Å². The van der Waals surface area contributed by atoms with Gasteiger partial charge in [-0.25, -0.2) is 4.79 Å². The van der Waals surface area contributed by atoms with Crippen molar-refractivity contribution in [1.29, 1.82) is 0 Å². The van der Waals surface area contributed by atoms with Gasteiger partial charge in [0, 0.05) is 100 Å². The van der Waals surface area contributed by atoms with Crippen molar-refractivity contribution in [2.24, 2.45) is 35.0 Å². The fourth-order valence-corrected chi connectivity index (χ4v) is 13.2. The molecule has 0 aromatic carbocycles. The summed E-state index contributed by atoms with van der Waals surface area (Å²) in [5.74, 6) is -8.40. The molecule has 0 radical (unpaired) electrons. The van der Waals surface area contributed by atoms with Crippen molar-refractivity contribution >= 4 is 76.5 Å². The highest BCUT2D eigenvalue weighted by molar-refractivity contribution is 5.94. The van der Waals surface area contributed by atoms with E-state index in [-0.39, 0.29) is 128 Å². The summed E-state index contributed by atoms with van der Waals surface area (Å²) in [5, 5.41) is 50.6. The van der Waals surface area contributed by atoms with Crippen molar-refractivity contribution < 1.29 is 87.0 Å². The lowest BCUT2D eigenvalue weighted by Crippen LogP contribution is -2.43. The van der Waals surface area contributed by atoms with Crippen molar-refractivity contribution in [1.82, 2.24) is 26.6 Å². The van der Waals surface area contributed by atoms with Crippen molar-refractivity contribution in [2.75, 3.05) is 26.2 Å². The minimum Gasteiger partial charge on any atom is -0.481 e. The highest BCUT2D eigenvalue weighted by Crippen LogP contribution is 2.25. The number of amides is 5. The van der Waals surface area contributed by atoms with E-state index < -0.39 is 65.3 Å². The van der Waals surface area contributed by atoms with Crippen molar-refractivity contribution in [3.8, 4) is 0 Å². The Morgan fingerprint density at radius 2 is 0.654 bits per heavy atom. The third-order valence-corrected chi connectivity index (χ3v) is 20.4. The number of hydrogen-bond acceptors (Lipinski definition) is 16. The smallest absolute Gasteiger partial charge is 0.326 e. The molecule has 0 spiro atoms. The number of carboxylic acids is 4. The molecule has 0 aliphatic rings. The van der Waals surface area contributed by atoms with Crippen LogP contribution in [0.3, 0.4) is 0 Å². The van der Waals surface area contributed by atoms with E-state index in [9.17, 15) is 72.5 Å². The van der Waals surface area contributed by atoms with Gasteiger partial charge in [0.2, 0.25) is 29.5 Å². The van der Waals surface area contributed by atoms with Crippen LogP contribution in [0.2, 0.25) is 0 Å². The number of nitrogens with two attached hydrogens (primary N) is 3. The average Bonchev–Trinajstić information content (AvgIpc) is 0.870. The number of Topliss-reactive ketones (excluding diaryl/α,β-unsaturated/α-hetero) is 4. The van der Waals surface area contributed by atoms with Gasteiger partial charge < -0.3 is 64.2 Å². The Balaban J connectivity index is -0.0000187. The summed E-state index contributed by atoms with van der Waals surface area (Å²) in [6.07, 6.45) is 41.7. The van der Waals surface area contributed by atoms with Crippen LogP contribution in [-0.2, 0) is 62.3 Å². The van der Waals surface area contributed by atoms with Crippen LogP contribution in [0.4, 0.5) is 0 Å². The molecule has 0 unspecified atom stereocenters. The Hall–Kier alpha value is -6.21. The molecule has 5 amide bonds. The second kappa shape index (κ2) is 66.7. The highest BCUT2D eigenvalue weighted by atomic mass is 16.4. The van der Waals surface area contributed by atoms with Crippen LogP contribution in [0.1, 0.15) is 378 Å². The van der Waals surface area contributed by atoms with Crippen LogP contribution >= 0.6 is 0 Å². The number of hydrogen-bond donors (Lipinski definition) is 12. The summed E-state index contributed by atoms with van der Waals surface area (Å²) in [6.45, 7) is 5.79. The van der Waals surface area contributed by atoms with Crippen LogP contribution in [0.15, 0.2) is 0 Å². The number of carbonyl (C=O) groups is 13. The molecule has 0 aliphatic heterocycles. The quantitative estimate of drug-likeness (QED) is 0.0252. The molecule has 0 saturated heterocycles. The predicted octanol–water partition coefficient (Wildman–Crippen LogP) is 14.0. The zero-order valence-corrected chi connectivity index (χ0v) is 66.5. The maximum atomic E-state index is 13.8. The number of unbranched alkanes of at least 4 members (excludes halogenated alkanes) is 34. The molecule has 6 atom stereocenters. The second-order valence-electron chi connectivity index (χ2n) is 30.9. The summed E-state index contributed by atoms with van der Waals surface area (Å²) < 4.78 is 0. The molecule has 624 valence electrons. The number of aliphatic carboxylic acids is 4. The fourth-order valence-electron chi connectivity index (χ4n) is 13.2. The normalized spacial score (nSPS) is 13.1. The molecule has 0 aliphatic carbocycles. The molecule has 25 heteroatoms. The average molecular weight is 1520 g/mol. The Labute approximate surface area is 646 Å². The Morgan fingerprint density at radius 3 is 1.00 bits per heavy atom. The predicted molar refractivity (Wildman–Crippen MR) is 425 cm³/mol. The molecule has 107 heavy (non-hydrogen) atoms. The third kappa shape index (κ3) is 62.3. The van der Waals surface area contributed by atoms with E-state index in [1.165, 1.54) is 116 Å². The Morgan fingerprint density at radius 1 is 0.327 bits per heavy atom. The lowest BCUT2D eigenvalue weighted by Gasteiger charge is -2.23. The van der Waals surface area contributed by atoms with Crippen molar-refractivity contribution in [3.05, 3.63) is 0 Å². The third-order valence-electron chi connectivity index (χ3n) is 20.4. The topological polar surface area (TPSA) is 441 Å².